The van der Waals surface area contributed by atoms with E-state index in [2.05, 4.69) is 4.98 Å². The molecule has 4 nitrogen and oxygen atoms in total. The number of aliphatic hydroxyl groups excluding tert-OH is 1. The molecule has 0 saturated carbocycles. The van der Waals surface area contributed by atoms with Gasteiger partial charge >= 0.3 is 0 Å². The van der Waals surface area contributed by atoms with Crippen molar-refractivity contribution in [3.8, 4) is 0 Å². The Morgan fingerprint density at radius 1 is 1.62 bits per heavy atom. The molecule has 0 radical (unpaired) electrons. The first-order chi connectivity index (χ1) is 6.22. The number of pyridine rings is 1. The Morgan fingerprint density at radius 3 is 3.08 bits per heavy atom. The van der Waals surface area contributed by atoms with Crippen LogP contribution >= 0.6 is 0 Å². The van der Waals surface area contributed by atoms with Crippen LogP contribution in [0.3, 0.4) is 0 Å². The summed E-state index contributed by atoms with van der Waals surface area (Å²) < 4.78 is 1.75. The molecule has 2 aromatic rings. The fourth-order valence-corrected chi connectivity index (χ4v) is 1.34. The molecular formula is C9H8N2O2. The third-order valence-electron chi connectivity index (χ3n) is 1.94. The van der Waals surface area contributed by atoms with Crippen LogP contribution in [0.4, 0.5) is 0 Å². The Kier molecular flexibility index (Phi) is 1.55. The van der Waals surface area contributed by atoms with Crippen molar-refractivity contribution in [1.29, 1.82) is 0 Å². The van der Waals surface area contributed by atoms with Crippen LogP contribution in [-0.2, 0) is 0 Å². The average molecular weight is 176 g/mol. The molecular weight excluding hydrogens is 168 g/mol. The van der Waals surface area contributed by atoms with Gasteiger partial charge in [0.15, 0.2) is 5.43 Å². The summed E-state index contributed by atoms with van der Waals surface area (Å²) in [5.74, 6) is 0.746. The quantitative estimate of drug-likeness (QED) is 0.615. The summed E-state index contributed by atoms with van der Waals surface area (Å²) in [4.78, 5) is 15.1. The minimum atomic E-state index is -0.0875. The van der Waals surface area contributed by atoms with Gasteiger partial charge in [0.05, 0.1) is 5.52 Å². The van der Waals surface area contributed by atoms with Gasteiger partial charge in [0.25, 0.3) is 0 Å². The fourth-order valence-electron chi connectivity index (χ4n) is 1.34. The lowest BCUT2D eigenvalue weighted by atomic mass is 10.4. The topological polar surface area (TPSA) is 54.6 Å². The SMILES string of the molecule is Cc1n/c(=C/O)c2cc(=O)ccn12. The minimum absolute atomic E-state index is 0.0875. The van der Waals surface area contributed by atoms with Crippen molar-refractivity contribution in [1.82, 2.24) is 9.38 Å². The zero-order valence-electron chi connectivity index (χ0n) is 7.06. The first kappa shape index (κ1) is 7.79. The molecule has 0 aliphatic heterocycles. The van der Waals surface area contributed by atoms with E-state index >= 15 is 0 Å². The van der Waals surface area contributed by atoms with E-state index in [-0.39, 0.29) is 5.43 Å². The van der Waals surface area contributed by atoms with Gasteiger partial charge in [0, 0.05) is 18.3 Å². The van der Waals surface area contributed by atoms with Gasteiger partial charge in [-0.1, -0.05) is 0 Å². The monoisotopic (exact) mass is 176 g/mol. The van der Waals surface area contributed by atoms with Crippen molar-refractivity contribution in [2.45, 2.75) is 6.92 Å². The molecule has 0 aromatic carbocycles. The highest BCUT2D eigenvalue weighted by molar-refractivity contribution is 5.49. The lowest BCUT2D eigenvalue weighted by Crippen LogP contribution is -2.06. The minimum Gasteiger partial charge on any atom is -0.513 e. The molecule has 66 valence electrons. The number of rotatable bonds is 0. The zero-order valence-corrected chi connectivity index (χ0v) is 7.06. The van der Waals surface area contributed by atoms with E-state index in [1.165, 1.54) is 12.1 Å². The number of hydrogen-bond acceptors (Lipinski definition) is 3. The van der Waals surface area contributed by atoms with E-state index in [4.69, 9.17) is 5.11 Å². The van der Waals surface area contributed by atoms with Crippen molar-refractivity contribution in [3.63, 3.8) is 0 Å². The third kappa shape index (κ3) is 1.07. The van der Waals surface area contributed by atoms with Crippen LogP contribution in [0.25, 0.3) is 11.8 Å². The van der Waals surface area contributed by atoms with E-state index in [9.17, 15) is 4.79 Å². The predicted molar refractivity (Wildman–Crippen MR) is 48.5 cm³/mol. The van der Waals surface area contributed by atoms with Gasteiger partial charge < -0.3 is 9.51 Å². The Balaban J connectivity index is 3.07. The van der Waals surface area contributed by atoms with Crippen LogP contribution in [0.15, 0.2) is 23.1 Å². The van der Waals surface area contributed by atoms with Crippen molar-refractivity contribution >= 4 is 11.8 Å². The van der Waals surface area contributed by atoms with E-state index < -0.39 is 0 Å². The van der Waals surface area contributed by atoms with Crippen LogP contribution in [0, 0.1) is 6.92 Å². The van der Waals surface area contributed by atoms with E-state index in [0.717, 1.165) is 12.1 Å². The van der Waals surface area contributed by atoms with Gasteiger partial charge in [-0.05, 0) is 6.92 Å². The highest BCUT2D eigenvalue weighted by Crippen LogP contribution is 1.96. The fraction of sp³-hybridized carbons (Fsp3) is 0.111. The maximum atomic E-state index is 11.0. The molecule has 0 fully saturated rings. The first-order valence-corrected chi connectivity index (χ1v) is 3.85. The summed E-state index contributed by atoms with van der Waals surface area (Å²) in [6, 6.07) is 2.91. The maximum Gasteiger partial charge on any atom is 0.182 e. The maximum absolute atomic E-state index is 11.0. The Bertz CT molecular complexity index is 557. The normalized spacial score (nSPS) is 12.5. The second-order valence-electron chi connectivity index (χ2n) is 2.79. The molecule has 0 atom stereocenters. The zero-order chi connectivity index (χ0) is 9.42. The largest absolute Gasteiger partial charge is 0.513 e. The number of aliphatic hydroxyl groups is 1. The molecule has 0 spiro atoms. The van der Waals surface area contributed by atoms with E-state index in [1.807, 2.05) is 6.92 Å². The average Bonchev–Trinajstić information content (AvgIpc) is 2.42. The number of aryl methyl sites for hydroxylation is 1. The highest BCUT2D eigenvalue weighted by atomic mass is 16.2. The Hall–Kier alpha value is -1.84. The lowest BCUT2D eigenvalue weighted by molar-refractivity contribution is 0.539. The van der Waals surface area contributed by atoms with Gasteiger partial charge in [0.2, 0.25) is 0 Å². The lowest BCUT2D eigenvalue weighted by Gasteiger charge is -1.91. The number of aromatic nitrogens is 2. The standard InChI is InChI=1S/C9H8N2O2/c1-6-10-8(5-12)9-4-7(13)2-3-11(6)9/h2-5,12H,1H3/b8-5+. The van der Waals surface area contributed by atoms with Crippen LogP contribution in [0.5, 0.6) is 0 Å². The summed E-state index contributed by atoms with van der Waals surface area (Å²) >= 11 is 0. The van der Waals surface area contributed by atoms with E-state index in [1.54, 1.807) is 10.6 Å². The summed E-state index contributed by atoms with van der Waals surface area (Å²) in [5, 5.41) is 9.26. The van der Waals surface area contributed by atoms with Crippen LogP contribution in [0.2, 0.25) is 0 Å². The molecule has 0 saturated heterocycles. The van der Waals surface area contributed by atoms with Crippen LogP contribution < -0.4 is 10.8 Å². The van der Waals surface area contributed by atoms with Gasteiger partial charge in [-0.3, -0.25) is 4.79 Å². The summed E-state index contributed by atoms with van der Waals surface area (Å²) in [6.07, 6.45) is 2.55. The van der Waals surface area contributed by atoms with Gasteiger partial charge in [-0.25, -0.2) is 4.98 Å². The second-order valence-corrected chi connectivity index (χ2v) is 2.79. The number of fused-ring (bicyclic) bond motifs is 1. The van der Waals surface area contributed by atoms with Crippen molar-refractivity contribution in [2.24, 2.45) is 0 Å². The van der Waals surface area contributed by atoms with Gasteiger partial charge in [-0.2, -0.15) is 0 Å². The van der Waals surface area contributed by atoms with Crippen molar-refractivity contribution < 1.29 is 5.11 Å². The summed E-state index contributed by atoms with van der Waals surface area (Å²) in [7, 11) is 0. The van der Waals surface area contributed by atoms with Gasteiger partial charge in [-0.15, -0.1) is 0 Å². The Labute approximate surface area is 73.8 Å². The third-order valence-corrected chi connectivity index (χ3v) is 1.94. The van der Waals surface area contributed by atoms with Crippen LogP contribution in [-0.4, -0.2) is 14.5 Å². The molecule has 2 aromatic heterocycles. The van der Waals surface area contributed by atoms with Crippen molar-refractivity contribution in [3.05, 3.63) is 39.7 Å². The first-order valence-electron chi connectivity index (χ1n) is 3.85. The van der Waals surface area contributed by atoms with E-state index in [0.29, 0.717) is 10.9 Å². The molecule has 13 heavy (non-hydrogen) atoms. The Morgan fingerprint density at radius 2 is 2.38 bits per heavy atom. The molecule has 1 N–H and O–H groups in total. The molecule has 2 heterocycles. The molecule has 4 heteroatoms. The molecule has 2 rings (SSSR count). The van der Waals surface area contributed by atoms with Crippen molar-refractivity contribution in [2.75, 3.05) is 0 Å². The van der Waals surface area contributed by atoms with Crippen LogP contribution in [0.1, 0.15) is 5.82 Å². The molecule has 0 amide bonds. The summed E-state index contributed by atoms with van der Waals surface area (Å²) in [6.45, 7) is 1.81. The smallest absolute Gasteiger partial charge is 0.182 e. The summed E-state index contributed by atoms with van der Waals surface area (Å²) in [5.41, 5.74) is 0.544. The number of imidazole rings is 1. The second kappa shape index (κ2) is 2.58. The molecule has 0 aliphatic carbocycles. The molecule has 0 bridgehead atoms. The predicted octanol–water partition coefficient (Wildman–Crippen LogP) is 0.0178. The number of hydrogen-bond donors (Lipinski definition) is 1. The number of nitrogens with zero attached hydrogens (tertiary/aromatic N) is 2. The molecule has 0 aliphatic rings. The highest BCUT2D eigenvalue weighted by Gasteiger charge is 2.01. The van der Waals surface area contributed by atoms with Gasteiger partial charge in [0.1, 0.15) is 17.4 Å². The molecule has 0 unspecified atom stereocenters.